The van der Waals surface area contributed by atoms with Gasteiger partial charge in [0.15, 0.2) is 0 Å². The fourth-order valence-electron chi connectivity index (χ4n) is 4.22. The van der Waals surface area contributed by atoms with Crippen LogP contribution in [0.3, 0.4) is 0 Å². The van der Waals surface area contributed by atoms with Gasteiger partial charge in [0.1, 0.15) is 0 Å². The summed E-state index contributed by atoms with van der Waals surface area (Å²) in [5.74, 6) is 1.85. The van der Waals surface area contributed by atoms with Gasteiger partial charge < -0.3 is 0 Å². The third kappa shape index (κ3) is 3.55. The van der Waals surface area contributed by atoms with Crippen molar-refractivity contribution >= 4 is 48.2 Å². The van der Waals surface area contributed by atoms with Crippen LogP contribution in [0, 0.1) is 5.41 Å². The van der Waals surface area contributed by atoms with Crippen molar-refractivity contribution in [3.05, 3.63) is 42.6 Å². The van der Waals surface area contributed by atoms with Gasteiger partial charge in [-0.25, -0.2) is 0 Å². The molecule has 0 aromatic carbocycles. The number of fused-ring (bicyclic) bond motifs is 2. The molecule has 32 heavy (non-hydrogen) atoms. The molecule has 0 unspecified atom stereocenters. The van der Waals surface area contributed by atoms with Gasteiger partial charge in [-0.1, -0.05) is 0 Å². The summed E-state index contributed by atoms with van der Waals surface area (Å²) in [5.41, 5.74) is 3.81. The second-order valence-corrected chi connectivity index (χ2v) is 14.0. The molecule has 0 atom stereocenters. The van der Waals surface area contributed by atoms with E-state index in [-0.39, 0.29) is 11.3 Å². The molecule has 1 N–H and O–H groups in total. The topological polar surface area (TPSA) is 101 Å². The number of pyridine rings is 1. The Kier molecular flexibility index (Phi) is 5.19. The van der Waals surface area contributed by atoms with Crippen molar-refractivity contribution in [2.75, 3.05) is 35.3 Å². The molecule has 1 aliphatic rings. The number of anilines is 1. The van der Waals surface area contributed by atoms with E-state index in [0.717, 1.165) is 47.2 Å². The first-order chi connectivity index (χ1) is 15.4. The van der Waals surface area contributed by atoms with Crippen molar-refractivity contribution in [3.63, 3.8) is 0 Å². The Bertz CT molecular complexity index is 1330. The van der Waals surface area contributed by atoms with Gasteiger partial charge >= 0.3 is 193 Å². The quantitative estimate of drug-likeness (QED) is 0.305. The van der Waals surface area contributed by atoms with Crippen molar-refractivity contribution in [1.29, 1.82) is 0 Å². The van der Waals surface area contributed by atoms with Gasteiger partial charge in [-0.3, -0.25) is 0 Å². The number of amides is 1. The Morgan fingerprint density at radius 3 is 2.72 bits per heavy atom. The first-order valence-electron chi connectivity index (χ1n) is 10.3. The molecule has 5 heterocycles. The maximum absolute atomic E-state index is 12.4. The Labute approximate surface area is 193 Å². The Morgan fingerprint density at radius 1 is 1.19 bits per heavy atom. The molecule has 9 nitrogen and oxygen atoms in total. The Balaban J connectivity index is 1.44. The van der Waals surface area contributed by atoms with Crippen LogP contribution in [-0.2, 0) is 9.22 Å². The van der Waals surface area contributed by atoms with Gasteiger partial charge in [0.25, 0.3) is 0 Å². The summed E-state index contributed by atoms with van der Waals surface area (Å²) in [6, 6.07) is 5.88. The first kappa shape index (κ1) is 21.0. The predicted molar refractivity (Wildman–Crippen MR) is 133 cm³/mol. The molecule has 1 aliphatic heterocycles. The number of carbonyl (C=O) groups is 1. The third-order valence-electron chi connectivity index (χ3n) is 5.60. The molecule has 0 aliphatic carbocycles. The van der Waals surface area contributed by atoms with Crippen LogP contribution in [0.25, 0.3) is 27.9 Å². The van der Waals surface area contributed by atoms with Gasteiger partial charge in [0.05, 0.1) is 0 Å². The molecule has 1 fully saturated rings. The SMILES string of the molecule is CNc1nc(CI2CC(C)(C(=O)N(C)C)C2)nn2ccc(-c3ccc4nccnc4n3)c12. The summed E-state index contributed by atoms with van der Waals surface area (Å²) in [6.07, 6.45) is 5.26. The second-order valence-electron chi connectivity index (χ2n) is 8.47. The monoisotopic (exact) mass is 544 g/mol. The Morgan fingerprint density at radius 2 is 1.97 bits per heavy atom. The summed E-state index contributed by atoms with van der Waals surface area (Å²) < 4.78 is 4.82. The zero-order chi connectivity index (χ0) is 22.5. The number of halogens is 1. The van der Waals surface area contributed by atoms with Gasteiger partial charge in [-0.05, 0) is 0 Å². The van der Waals surface area contributed by atoms with Crippen LogP contribution in [0.5, 0.6) is 0 Å². The van der Waals surface area contributed by atoms with Gasteiger partial charge in [0.2, 0.25) is 0 Å². The zero-order valence-electron chi connectivity index (χ0n) is 18.5. The zero-order valence-corrected chi connectivity index (χ0v) is 20.7. The molecular weight excluding hydrogens is 519 g/mol. The predicted octanol–water partition coefficient (Wildman–Crippen LogP) is 2.89. The van der Waals surface area contributed by atoms with Crippen LogP contribution in [0.2, 0.25) is 0 Å². The number of hydrogen-bond donors (Lipinski definition) is 1. The van der Waals surface area contributed by atoms with Gasteiger partial charge in [-0.15, -0.1) is 0 Å². The summed E-state index contributed by atoms with van der Waals surface area (Å²) in [4.78, 5) is 32.3. The number of hydrogen-bond acceptors (Lipinski definition) is 7. The number of aromatic nitrogens is 6. The van der Waals surface area contributed by atoms with Crippen molar-refractivity contribution in [3.8, 4) is 11.3 Å². The van der Waals surface area contributed by atoms with Gasteiger partial charge in [-0.2, -0.15) is 0 Å². The number of carbonyl (C=O) groups excluding carboxylic acids is 1. The normalized spacial score (nSPS) is 16.2. The standard InChI is InChI=1S/C22H25IN8O/c1-22(21(32)30(3)4)12-23(13-22)11-17-28-20(24-2)18-14(7-10-31(18)29-17)15-5-6-16-19(27-15)26-9-8-25-16/h5-10H,11-13H2,1-4H3,(H,24,28,29). The van der Waals surface area contributed by atoms with E-state index < -0.39 is 19.8 Å². The van der Waals surface area contributed by atoms with Crippen LogP contribution in [-0.4, -0.2) is 70.4 Å². The van der Waals surface area contributed by atoms with Crippen LogP contribution in [0.15, 0.2) is 36.8 Å². The van der Waals surface area contributed by atoms with E-state index in [1.807, 2.05) is 50.1 Å². The van der Waals surface area contributed by atoms with E-state index in [2.05, 4.69) is 27.2 Å². The van der Waals surface area contributed by atoms with Crippen LogP contribution < -0.4 is 5.32 Å². The van der Waals surface area contributed by atoms with Crippen molar-refractivity contribution in [2.24, 2.45) is 5.41 Å². The summed E-state index contributed by atoms with van der Waals surface area (Å²) >= 11 is -1.27. The Hall–Kier alpha value is -2.89. The molecule has 166 valence electrons. The molecule has 0 spiro atoms. The van der Waals surface area contributed by atoms with E-state index in [9.17, 15) is 4.79 Å². The molecule has 4 aromatic rings. The average Bonchev–Trinajstić information content (AvgIpc) is 3.20. The molecule has 4 aromatic heterocycles. The fraction of sp³-hybridized carbons (Fsp3) is 0.364. The van der Waals surface area contributed by atoms with Crippen molar-refractivity contribution in [2.45, 2.75) is 11.4 Å². The van der Waals surface area contributed by atoms with Gasteiger partial charge in [0, 0.05) is 0 Å². The van der Waals surface area contributed by atoms with Crippen LogP contribution in [0.4, 0.5) is 5.82 Å². The van der Waals surface area contributed by atoms with E-state index in [1.165, 1.54) is 0 Å². The minimum atomic E-state index is -1.27. The number of nitrogens with zero attached hydrogens (tertiary/aromatic N) is 7. The first-order valence-corrected chi connectivity index (χ1v) is 14.9. The molecule has 0 saturated carbocycles. The maximum atomic E-state index is 12.4. The summed E-state index contributed by atoms with van der Waals surface area (Å²) in [6.45, 7) is 2.09. The van der Waals surface area contributed by atoms with E-state index in [4.69, 9.17) is 10.1 Å². The second kappa shape index (κ2) is 7.91. The van der Waals surface area contributed by atoms with Crippen LogP contribution in [0.1, 0.15) is 12.7 Å². The van der Waals surface area contributed by atoms with E-state index in [0.29, 0.717) is 5.65 Å². The summed E-state index contributed by atoms with van der Waals surface area (Å²) in [7, 11) is 5.54. The molecular formula is C22H25IN8O. The molecule has 0 radical (unpaired) electrons. The van der Waals surface area contributed by atoms with E-state index >= 15 is 0 Å². The van der Waals surface area contributed by atoms with Crippen molar-refractivity contribution < 1.29 is 4.79 Å². The molecule has 1 saturated heterocycles. The van der Waals surface area contributed by atoms with Crippen molar-refractivity contribution in [1.82, 2.24) is 34.4 Å². The summed E-state index contributed by atoms with van der Waals surface area (Å²) in [5, 5.41) is 8.03. The molecule has 10 heteroatoms. The molecule has 1 amide bonds. The number of alkyl halides is 3. The minimum absolute atomic E-state index is 0.199. The molecule has 5 rings (SSSR count). The fourth-order valence-corrected chi connectivity index (χ4v) is 11.2. The number of nitrogens with one attached hydrogen (secondary N) is 1. The third-order valence-corrected chi connectivity index (χ3v) is 12.9. The average molecular weight is 544 g/mol. The van der Waals surface area contributed by atoms with E-state index in [1.54, 1.807) is 17.3 Å². The molecule has 0 bridgehead atoms. The van der Waals surface area contributed by atoms with Crippen LogP contribution >= 0.6 is 19.8 Å². The number of rotatable bonds is 5.